The van der Waals surface area contributed by atoms with Crippen molar-refractivity contribution in [3.8, 4) is 6.07 Å². The Morgan fingerprint density at radius 3 is 2.44 bits per heavy atom. The molecule has 6 nitrogen and oxygen atoms in total. The van der Waals surface area contributed by atoms with Crippen LogP contribution in [0.5, 0.6) is 0 Å². The third-order valence-corrected chi connectivity index (χ3v) is 2.94. The summed E-state index contributed by atoms with van der Waals surface area (Å²) in [6.07, 6.45) is -1.13. The number of rotatable bonds is 2. The summed E-state index contributed by atoms with van der Waals surface area (Å²) in [6.45, 7) is 0.149. The molecule has 1 aromatic rings. The van der Waals surface area contributed by atoms with Crippen LogP contribution in [0.1, 0.15) is 15.9 Å². The van der Waals surface area contributed by atoms with Crippen molar-refractivity contribution >= 4 is 12.1 Å². The first-order chi connectivity index (χ1) is 8.55. The van der Waals surface area contributed by atoms with Gasteiger partial charge in [-0.15, -0.1) is 0 Å². The number of nitrogens with zero attached hydrogens (tertiary/aromatic N) is 2. The van der Waals surface area contributed by atoms with Crippen molar-refractivity contribution in [2.75, 3.05) is 13.7 Å². The molecular weight excluding hydrogens is 236 g/mol. The predicted octanol–water partition coefficient (Wildman–Crippen LogP) is 1.19. The van der Waals surface area contributed by atoms with E-state index in [1.165, 1.54) is 19.2 Å². The molecular formula is C12H10N2O4. The van der Waals surface area contributed by atoms with Crippen LogP contribution in [0.2, 0.25) is 0 Å². The van der Waals surface area contributed by atoms with Gasteiger partial charge in [0.05, 0.1) is 25.3 Å². The van der Waals surface area contributed by atoms with Crippen LogP contribution in [0.4, 0.5) is 4.79 Å². The number of carboxylic acid groups (broad SMARTS) is 1. The van der Waals surface area contributed by atoms with E-state index in [1.807, 2.05) is 6.07 Å². The number of esters is 1. The van der Waals surface area contributed by atoms with Gasteiger partial charge in [-0.1, -0.05) is 12.1 Å². The number of hydrogen-bond donors (Lipinski definition) is 1. The van der Waals surface area contributed by atoms with E-state index in [2.05, 4.69) is 4.74 Å². The van der Waals surface area contributed by atoms with Gasteiger partial charge < -0.3 is 9.84 Å². The van der Waals surface area contributed by atoms with Crippen molar-refractivity contribution < 1.29 is 19.4 Å². The van der Waals surface area contributed by atoms with Crippen LogP contribution >= 0.6 is 0 Å². The Kier molecular flexibility index (Phi) is 2.67. The van der Waals surface area contributed by atoms with Crippen LogP contribution in [-0.2, 0) is 10.3 Å². The van der Waals surface area contributed by atoms with Crippen LogP contribution < -0.4 is 0 Å². The van der Waals surface area contributed by atoms with Gasteiger partial charge in [-0.05, 0) is 17.7 Å². The third-order valence-electron chi connectivity index (χ3n) is 2.94. The summed E-state index contributed by atoms with van der Waals surface area (Å²) in [4.78, 5) is 23.1. The van der Waals surface area contributed by atoms with Crippen LogP contribution in [0, 0.1) is 11.3 Å². The Morgan fingerprint density at radius 2 is 2.06 bits per heavy atom. The lowest BCUT2D eigenvalue weighted by Gasteiger charge is -2.08. The lowest BCUT2D eigenvalue weighted by Crippen LogP contribution is -2.18. The Labute approximate surface area is 103 Å². The van der Waals surface area contributed by atoms with Gasteiger partial charge in [-0.25, -0.2) is 9.59 Å². The lowest BCUT2D eigenvalue weighted by molar-refractivity contribution is 0.0600. The Hall–Kier alpha value is -2.55. The molecule has 1 aliphatic heterocycles. The molecule has 0 bridgehead atoms. The van der Waals surface area contributed by atoms with E-state index < -0.39 is 17.6 Å². The molecule has 1 N–H and O–H groups in total. The highest BCUT2D eigenvalue weighted by Gasteiger charge is 2.57. The maximum atomic E-state index is 11.2. The van der Waals surface area contributed by atoms with Crippen molar-refractivity contribution in [3.63, 3.8) is 0 Å². The van der Waals surface area contributed by atoms with Gasteiger partial charge in [0, 0.05) is 0 Å². The van der Waals surface area contributed by atoms with Gasteiger partial charge in [0.15, 0.2) is 5.54 Å². The van der Waals surface area contributed by atoms with Crippen molar-refractivity contribution in [1.82, 2.24) is 4.90 Å². The first-order valence-electron chi connectivity index (χ1n) is 5.16. The average molecular weight is 246 g/mol. The molecule has 2 rings (SSSR count). The van der Waals surface area contributed by atoms with Crippen LogP contribution in [0.25, 0.3) is 0 Å². The molecule has 1 atom stereocenters. The number of benzene rings is 1. The molecule has 0 aromatic heterocycles. The van der Waals surface area contributed by atoms with Gasteiger partial charge in [0.1, 0.15) is 0 Å². The maximum absolute atomic E-state index is 11.2. The summed E-state index contributed by atoms with van der Waals surface area (Å²) in [5, 5.41) is 18.0. The standard InChI is InChI=1S/C12H10N2O4/c1-18-10(15)8-2-4-9(5-3-8)12(6-13)7-14(12)11(16)17/h2-5H,7H2,1H3,(H,16,17). The molecule has 1 unspecified atom stereocenters. The molecule has 1 aliphatic rings. The number of hydrogen-bond acceptors (Lipinski definition) is 4. The molecule has 1 aromatic carbocycles. The van der Waals surface area contributed by atoms with E-state index >= 15 is 0 Å². The fraction of sp³-hybridized carbons (Fsp3) is 0.250. The molecule has 1 amide bonds. The van der Waals surface area contributed by atoms with E-state index in [0.717, 1.165) is 4.90 Å². The highest BCUT2D eigenvalue weighted by molar-refractivity contribution is 5.89. The van der Waals surface area contributed by atoms with Gasteiger partial charge in [0.25, 0.3) is 0 Å². The molecule has 0 aliphatic carbocycles. The number of carbonyl (C=O) groups excluding carboxylic acids is 1. The molecule has 0 spiro atoms. The zero-order chi connectivity index (χ0) is 13.3. The largest absolute Gasteiger partial charge is 0.465 e. The predicted molar refractivity (Wildman–Crippen MR) is 59.8 cm³/mol. The van der Waals surface area contributed by atoms with Gasteiger partial charge >= 0.3 is 12.1 Å². The fourth-order valence-electron chi connectivity index (χ4n) is 1.83. The number of ether oxygens (including phenoxy) is 1. The normalized spacial score (nSPS) is 21.0. The molecule has 0 saturated carbocycles. The molecule has 18 heavy (non-hydrogen) atoms. The molecule has 92 valence electrons. The zero-order valence-corrected chi connectivity index (χ0v) is 9.58. The molecule has 6 heteroatoms. The summed E-state index contributed by atoms with van der Waals surface area (Å²) in [5.74, 6) is -0.474. The highest BCUT2D eigenvalue weighted by Crippen LogP contribution is 2.41. The maximum Gasteiger partial charge on any atom is 0.409 e. The monoisotopic (exact) mass is 246 g/mol. The minimum atomic E-state index is -1.13. The van der Waals surface area contributed by atoms with Gasteiger partial charge in [-0.2, -0.15) is 5.26 Å². The van der Waals surface area contributed by atoms with Crippen LogP contribution in [0.3, 0.4) is 0 Å². The number of methoxy groups -OCH3 is 1. The number of nitriles is 1. The topological polar surface area (TPSA) is 90.4 Å². The second kappa shape index (κ2) is 4.04. The average Bonchev–Trinajstić information content (AvgIpc) is 3.14. The van der Waals surface area contributed by atoms with Gasteiger partial charge in [-0.3, -0.25) is 4.90 Å². The third kappa shape index (κ3) is 1.66. The summed E-state index contributed by atoms with van der Waals surface area (Å²) >= 11 is 0. The Balaban J connectivity index is 2.28. The minimum Gasteiger partial charge on any atom is -0.465 e. The lowest BCUT2D eigenvalue weighted by atomic mass is 9.99. The van der Waals surface area contributed by atoms with Crippen molar-refractivity contribution in [2.45, 2.75) is 5.54 Å². The van der Waals surface area contributed by atoms with Crippen molar-refractivity contribution in [3.05, 3.63) is 35.4 Å². The van der Waals surface area contributed by atoms with Crippen LogP contribution in [-0.4, -0.2) is 35.7 Å². The van der Waals surface area contributed by atoms with Crippen LogP contribution in [0.15, 0.2) is 24.3 Å². The first-order valence-corrected chi connectivity index (χ1v) is 5.16. The quantitative estimate of drug-likeness (QED) is 0.625. The second-order valence-electron chi connectivity index (χ2n) is 3.91. The van der Waals surface area contributed by atoms with E-state index in [1.54, 1.807) is 12.1 Å². The molecule has 1 heterocycles. The van der Waals surface area contributed by atoms with Crippen molar-refractivity contribution in [2.24, 2.45) is 0 Å². The zero-order valence-electron chi connectivity index (χ0n) is 9.58. The second-order valence-corrected chi connectivity index (χ2v) is 3.91. The smallest absolute Gasteiger partial charge is 0.409 e. The fourth-order valence-corrected chi connectivity index (χ4v) is 1.83. The Bertz CT molecular complexity index is 546. The van der Waals surface area contributed by atoms with E-state index in [-0.39, 0.29) is 6.54 Å². The summed E-state index contributed by atoms with van der Waals surface area (Å²) in [7, 11) is 1.28. The summed E-state index contributed by atoms with van der Waals surface area (Å²) < 4.78 is 4.55. The van der Waals surface area contributed by atoms with Crippen molar-refractivity contribution in [1.29, 1.82) is 5.26 Å². The molecule has 1 saturated heterocycles. The SMILES string of the molecule is COC(=O)c1ccc(C2(C#N)CN2C(=O)O)cc1. The van der Waals surface area contributed by atoms with E-state index in [9.17, 15) is 9.59 Å². The summed E-state index contributed by atoms with van der Waals surface area (Å²) in [5.41, 5.74) is -0.197. The highest BCUT2D eigenvalue weighted by atomic mass is 16.5. The molecule has 0 radical (unpaired) electrons. The van der Waals surface area contributed by atoms with E-state index in [4.69, 9.17) is 10.4 Å². The minimum absolute atomic E-state index is 0.149. The first kappa shape index (κ1) is 11.9. The number of amides is 1. The number of carbonyl (C=O) groups is 2. The Morgan fingerprint density at radius 1 is 1.44 bits per heavy atom. The van der Waals surface area contributed by atoms with E-state index in [0.29, 0.717) is 11.1 Å². The summed E-state index contributed by atoms with van der Waals surface area (Å²) in [6, 6.07) is 8.15. The van der Waals surface area contributed by atoms with Gasteiger partial charge in [0.2, 0.25) is 0 Å². The molecule has 1 fully saturated rings.